The molecule has 0 amide bonds. The van der Waals surface area contributed by atoms with Gasteiger partial charge in [-0.2, -0.15) is 13.2 Å². The molecule has 15 heavy (non-hydrogen) atoms. The Kier molecular flexibility index (Phi) is 3.44. The van der Waals surface area contributed by atoms with Gasteiger partial charge in [0.2, 0.25) is 0 Å². The van der Waals surface area contributed by atoms with Crippen LogP contribution in [-0.4, -0.2) is 11.7 Å². The van der Waals surface area contributed by atoms with Crippen LogP contribution in [0.5, 0.6) is 11.5 Å². The highest BCUT2D eigenvalue weighted by atomic mass is 19.4. The summed E-state index contributed by atoms with van der Waals surface area (Å²) in [7, 11) is 0. The van der Waals surface area contributed by atoms with Gasteiger partial charge in [-0.05, 0) is 24.6 Å². The first-order valence-electron chi connectivity index (χ1n) is 4.48. The Balaban J connectivity index is 3.04. The Hall–Kier alpha value is -1.39. The molecule has 0 atom stereocenters. The third-order valence-corrected chi connectivity index (χ3v) is 1.73. The highest BCUT2D eigenvalue weighted by Crippen LogP contribution is 2.38. The van der Waals surface area contributed by atoms with Gasteiger partial charge in [-0.3, -0.25) is 0 Å². The van der Waals surface area contributed by atoms with Crippen LogP contribution < -0.4 is 4.74 Å². The molecule has 0 aliphatic rings. The molecular weight excluding hydrogens is 209 g/mol. The van der Waals surface area contributed by atoms with Crippen molar-refractivity contribution >= 4 is 0 Å². The van der Waals surface area contributed by atoms with E-state index in [9.17, 15) is 13.2 Å². The van der Waals surface area contributed by atoms with Crippen LogP contribution in [0.2, 0.25) is 0 Å². The summed E-state index contributed by atoms with van der Waals surface area (Å²) < 4.78 is 42.3. The van der Waals surface area contributed by atoms with Gasteiger partial charge in [0.05, 0.1) is 6.61 Å². The highest BCUT2D eigenvalue weighted by Gasteiger charge is 2.34. The maximum atomic E-state index is 12.5. The van der Waals surface area contributed by atoms with E-state index < -0.39 is 17.5 Å². The average Bonchev–Trinajstić information content (AvgIpc) is 2.14. The van der Waals surface area contributed by atoms with E-state index >= 15 is 0 Å². The van der Waals surface area contributed by atoms with E-state index in [0.29, 0.717) is 12.5 Å². The molecule has 0 unspecified atom stereocenters. The molecule has 2 nitrogen and oxygen atoms in total. The lowest BCUT2D eigenvalue weighted by Gasteiger charge is -2.13. The normalized spacial score (nSPS) is 11.5. The average molecular weight is 220 g/mol. The van der Waals surface area contributed by atoms with Gasteiger partial charge in [0.15, 0.2) is 0 Å². The number of aromatic hydroxyl groups is 1. The van der Waals surface area contributed by atoms with Crippen LogP contribution in [0.1, 0.15) is 18.9 Å². The third-order valence-electron chi connectivity index (χ3n) is 1.73. The fourth-order valence-electron chi connectivity index (χ4n) is 1.08. The lowest BCUT2D eigenvalue weighted by Crippen LogP contribution is -2.08. The maximum absolute atomic E-state index is 12.5. The van der Waals surface area contributed by atoms with Crippen molar-refractivity contribution in [3.8, 4) is 11.5 Å². The second kappa shape index (κ2) is 4.42. The van der Waals surface area contributed by atoms with E-state index in [2.05, 4.69) is 0 Å². The van der Waals surface area contributed by atoms with Crippen molar-refractivity contribution in [1.29, 1.82) is 0 Å². The van der Waals surface area contributed by atoms with Gasteiger partial charge >= 0.3 is 6.18 Å². The Morgan fingerprint density at radius 3 is 2.53 bits per heavy atom. The fourth-order valence-corrected chi connectivity index (χ4v) is 1.08. The number of phenolic OH excluding ortho intramolecular Hbond substituents is 1. The summed E-state index contributed by atoms with van der Waals surface area (Å²) in [5.41, 5.74) is -0.948. The Morgan fingerprint density at radius 1 is 1.33 bits per heavy atom. The maximum Gasteiger partial charge on any atom is 0.420 e. The van der Waals surface area contributed by atoms with E-state index in [0.717, 1.165) is 6.07 Å². The van der Waals surface area contributed by atoms with E-state index in [1.165, 1.54) is 6.07 Å². The summed E-state index contributed by atoms with van der Waals surface area (Å²) in [6.07, 6.45) is -3.89. The number of benzene rings is 1. The molecule has 1 aromatic carbocycles. The first-order chi connectivity index (χ1) is 6.95. The van der Waals surface area contributed by atoms with Gasteiger partial charge in [-0.1, -0.05) is 6.92 Å². The molecule has 0 heterocycles. The van der Waals surface area contributed by atoms with Crippen LogP contribution in [0.3, 0.4) is 0 Å². The molecule has 1 rings (SSSR count). The van der Waals surface area contributed by atoms with Gasteiger partial charge in [0.25, 0.3) is 0 Å². The minimum absolute atomic E-state index is 0.216. The summed E-state index contributed by atoms with van der Waals surface area (Å²) in [5, 5.41) is 8.97. The highest BCUT2D eigenvalue weighted by molar-refractivity contribution is 5.41. The number of hydrogen-bond acceptors (Lipinski definition) is 2. The van der Waals surface area contributed by atoms with Gasteiger partial charge in [0.1, 0.15) is 17.1 Å². The number of rotatable bonds is 3. The summed E-state index contributed by atoms with van der Waals surface area (Å²) in [6.45, 7) is 2.02. The molecule has 0 bridgehead atoms. The van der Waals surface area contributed by atoms with Crippen molar-refractivity contribution in [3.63, 3.8) is 0 Å². The van der Waals surface area contributed by atoms with Gasteiger partial charge in [-0.15, -0.1) is 0 Å². The zero-order valence-corrected chi connectivity index (χ0v) is 8.14. The Labute approximate surface area is 85.3 Å². The van der Waals surface area contributed by atoms with Gasteiger partial charge in [-0.25, -0.2) is 0 Å². The van der Waals surface area contributed by atoms with Crippen molar-refractivity contribution in [3.05, 3.63) is 23.8 Å². The second-order valence-corrected chi connectivity index (χ2v) is 3.03. The molecule has 5 heteroatoms. The summed E-state index contributed by atoms with van der Waals surface area (Å²) in [4.78, 5) is 0. The van der Waals surface area contributed by atoms with Crippen molar-refractivity contribution in [2.75, 3.05) is 6.61 Å². The van der Waals surface area contributed by atoms with Gasteiger partial charge in [0, 0.05) is 0 Å². The quantitative estimate of drug-likeness (QED) is 0.847. The van der Waals surface area contributed by atoms with E-state index in [4.69, 9.17) is 9.84 Å². The Morgan fingerprint density at radius 2 is 2.00 bits per heavy atom. The molecule has 0 aromatic heterocycles. The van der Waals surface area contributed by atoms with Crippen LogP contribution in [0, 0.1) is 0 Å². The van der Waals surface area contributed by atoms with E-state index in [-0.39, 0.29) is 12.4 Å². The zero-order chi connectivity index (χ0) is 11.5. The molecule has 0 radical (unpaired) electrons. The number of alkyl halides is 3. The first kappa shape index (κ1) is 11.7. The molecule has 0 spiro atoms. The SMILES string of the molecule is CCCOc1ccc(O)cc1C(F)(F)F. The van der Waals surface area contributed by atoms with Crippen molar-refractivity contribution in [2.45, 2.75) is 19.5 Å². The smallest absolute Gasteiger partial charge is 0.420 e. The third kappa shape index (κ3) is 3.04. The molecule has 0 aliphatic carbocycles. The lowest BCUT2D eigenvalue weighted by atomic mass is 10.2. The first-order valence-corrected chi connectivity index (χ1v) is 4.48. The molecule has 0 saturated heterocycles. The molecule has 0 aliphatic heterocycles. The topological polar surface area (TPSA) is 29.5 Å². The summed E-state index contributed by atoms with van der Waals surface area (Å²) in [6, 6.07) is 2.94. The van der Waals surface area contributed by atoms with E-state index in [1.807, 2.05) is 0 Å². The number of phenols is 1. The van der Waals surface area contributed by atoms with Crippen molar-refractivity contribution < 1.29 is 23.0 Å². The molecule has 84 valence electrons. The molecule has 0 saturated carbocycles. The fraction of sp³-hybridized carbons (Fsp3) is 0.400. The minimum Gasteiger partial charge on any atom is -0.508 e. The van der Waals surface area contributed by atoms with Crippen LogP contribution in [0.4, 0.5) is 13.2 Å². The second-order valence-electron chi connectivity index (χ2n) is 3.03. The predicted molar refractivity (Wildman–Crippen MR) is 48.9 cm³/mol. The molecule has 1 N–H and O–H groups in total. The molecular formula is C10H11F3O2. The van der Waals surface area contributed by atoms with Crippen molar-refractivity contribution in [1.82, 2.24) is 0 Å². The van der Waals surface area contributed by atoms with Crippen LogP contribution in [-0.2, 0) is 6.18 Å². The summed E-state index contributed by atoms with van der Waals surface area (Å²) >= 11 is 0. The van der Waals surface area contributed by atoms with Crippen LogP contribution in [0.25, 0.3) is 0 Å². The standard InChI is InChI=1S/C10H11F3O2/c1-2-5-15-9-4-3-7(14)6-8(9)10(11,12)13/h3-4,6,14H,2,5H2,1H3. The van der Waals surface area contributed by atoms with Crippen LogP contribution >= 0.6 is 0 Å². The minimum atomic E-state index is -4.51. The van der Waals surface area contributed by atoms with Gasteiger partial charge < -0.3 is 9.84 Å². The van der Waals surface area contributed by atoms with E-state index in [1.54, 1.807) is 6.92 Å². The molecule has 1 aromatic rings. The predicted octanol–water partition coefficient (Wildman–Crippen LogP) is 3.20. The van der Waals surface area contributed by atoms with Crippen LogP contribution in [0.15, 0.2) is 18.2 Å². The monoisotopic (exact) mass is 220 g/mol. The summed E-state index contributed by atoms with van der Waals surface area (Å²) in [5.74, 6) is -0.673. The number of ether oxygens (including phenoxy) is 1. The molecule has 0 fully saturated rings. The number of hydrogen-bond donors (Lipinski definition) is 1. The zero-order valence-electron chi connectivity index (χ0n) is 8.14. The largest absolute Gasteiger partial charge is 0.508 e. The Bertz CT molecular complexity index is 334. The van der Waals surface area contributed by atoms with Crippen molar-refractivity contribution in [2.24, 2.45) is 0 Å². The lowest BCUT2D eigenvalue weighted by molar-refractivity contribution is -0.139. The number of halogens is 3.